The van der Waals surface area contributed by atoms with Crippen molar-refractivity contribution in [3.05, 3.63) is 11.9 Å². The van der Waals surface area contributed by atoms with E-state index in [4.69, 9.17) is 0 Å². The number of hydrogen-bond acceptors (Lipinski definition) is 4. The number of carbonyl (C=O) groups excluding carboxylic acids is 1. The fourth-order valence-corrected chi connectivity index (χ4v) is 4.79. The summed E-state index contributed by atoms with van der Waals surface area (Å²) in [5.74, 6) is 0.0610. The SMILES string of the molecule is O=C(c1cn(C2CCCN(C3CCCCC3)C2)nn1)N1CCCCC1. The monoisotopic (exact) mass is 345 g/mol. The highest BCUT2D eigenvalue weighted by atomic mass is 16.2. The number of piperidine rings is 2. The second kappa shape index (κ2) is 7.85. The molecule has 1 aliphatic carbocycles. The van der Waals surface area contributed by atoms with Crippen LogP contribution < -0.4 is 0 Å². The van der Waals surface area contributed by atoms with Crippen molar-refractivity contribution in [2.24, 2.45) is 0 Å². The topological polar surface area (TPSA) is 54.3 Å². The van der Waals surface area contributed by atoms with Crippen LogP contribution in [0.15, 0.2) is 6.20 Å². The van der Waals surface area contributed by atoms with E-state index >= 15 is 0 Å². The van der Waals surface area contributed by atoms with Gasteiger partial charge in [-0.1, -0.05) is 24.5 Å². The summed E-state index contributed by atoms with van der Waals surface area (Å²) in [5, 5.41) is 8.54. The summed E-state index contributed by atoms with van der Waals surface area (Å²) in [6.07, 6.45) is 14.6. The van der Waals surface area contributed by atoms with E-state index in [2.05, 4.69) is 15.2 Å². The highest BCUT2D eigenvalue weighted by molar-refractivity contribution is 5.91. The lowest BCUT2D eigenvalue weighted by Crippen LogP contribution is -2.44. The van der Waals surface area contributed by atoms with Crippen LogP contribution in [-0.2, 0) is 0 Å². The smallest absolute Gasteiger partial charge is 0.276 e. The van der Waals surface area contributed by atoms with E-state index in [9.17, 15) is 4.79 Å². The summed E-state index contributed by atoms with van der Waals surface area (Å²) >= 11 is 0. The van der Waals surface area contributed by atoms with Crippen LogP contribution in [0.25, 0.3) is 0 Å². The quantitative estimate of drug-likeness (QED) is 0.845. The van der Waals surface area contributed by atoms with Crippen molar-refractivity contribution in [2.75, 3.05) is 26.2 Å². The number of amides is 1. The molecule has 138 valence electrons. The van der Waals surface area contributed by atoms with Gasteiger partial charge in [0, 0.05) is 25.7 Å². The molecule has 1 unspecified atom stereocenters. The van der Waals surface area contributed by atoms with Gasteiger partial charge in [-0.15, -0.1) is 5.10 Å². The molecule has 1 atom stereocenters. The van der Waals surface area contributed by atoms with Crippen LogP contribution in [0.3, 0.4) is 0 Å². The van der Waals surface area contributed by atoms with E-state index in [1.54, 1.807) is 0 Å². The summed E-state index contributed by atoms with van der Waals surface area (Å²) in [7, 11) is 0. The summed E-state index contributed by atoms with van der Waals surface area (Å²) in [4.78, 5) is 17.2. The van der Waals surface area contributed by atoms with E-state index in [0.717, 1.165) is 44.9 Å². The van der Waals surface area contributed by atoms with Crippen LogP contribution in [0, 0.1) is 0 Å². The van der Waals surface area contributed by atoms with Gasteiger partial charge in [-0.2, -0.15) is 0 Å². The number of carbonyl (C=O) groups is 1. The Morgan fingerprint density at radius 2 is 1.60 bits per heavy atom. The van der Waals surface area contributed by atoms with E-state index in [0.29, 0.717) is 11.7 Å². The molecule has 1 aromatic rings. The van der Waals surface area contributed by atoms with Crippen LogP contribution in [0.2, 0.25) is 0 Å². The zero-order valence-electron chi connectivity index (χ0n) is 15.3. The molecule has 0 bridgehead atoms. The average molecular weight is 345 g/mol. The first-order valence-corrected chi connectivity index (χ1v) is 10.3. The van der Waals surface area contributed by atoms with Crippen LogP contribution in [0.4, 0.5) is 0 Å². The molecule has 25 heavy (non-hydrogen) atoms. The first-order chi connectivity index (χ1) is 12.3. The van der Waals surface area contributed by atoms with E-state index < -0.39 is 0 Å². The molecule has 1 amide bonds. The minimum absolute atomic E-state index is 0.0610. The molecule has 1 aromatic heterocycles. The maximum atomic E-state index is 12.6. The highest BCUT2D eigenvalue weighted by Crippen LogP contribution is 2.28. The van der Waals surface area contributed by atoms with E-state index in [1.165, 1.54) is 51.5 Å². The lowest BCUT2D eigenvalue weighted by Gasteiger charge is -2.39. The van der Waals surface area contributed by atoms with Gasteiger partial charge in [0.15, 0.2) is 5.69 Å². The molecule has 3 aliphatic rings. The molecule has 0 N–H and O–H groups in total. The third kappa shape index (κ3) is 3.89. The van der Waals surface area contributed by atoms with Crippen molar-refractivity contribution < 1.29 is 4.79 Å². The molecule has 0 aromatic carbocycles. The Bertz CT molecular complexity index is 574. The van der Waals surface area contributed by atoms with Crippen LogP contribution in [0.1, 0.15) is 80.7 Å². The molecule has 4 rings (SSSR count). The number of aromatic nitrogens is 3. The largest absolute Gasteiger partial charge is 0.337 e. The molecular weight excluding hydrogens is 314 g/mol. The Labute approximate surface area is 150 Å². The van der Waals surface area contributed by atoms with E-state index in [1.807, 2.05) is 15.8 Å². The Hall–Kier alpha value is -1.43. The minimum atomic E-state index is 0.0610. The molecule has 6 nitrogen and oxygen atoms in total. The van der Waals surface area contributed by atoms with E-state index in [-0.39, 0.29) is 5.91 Å². The van der Waals surface area contributed by atoms with Crippen LogP contribution >= 0.6 is 0 Å². The van der Waals surface area contributed by atoms with Gasteiger partial charge in [-0.3, -0.25) is 9.69 Å². The van der Waals surface area contributed by atoms with Crippen molar-refractivity contribution >= 4 is 5.91 Å². The maximum absolute atomic E-state index is 12.6. The Kier molecular flexibility index (Phi) is 5.34. The third-order valence-corrected chi connectivity index (χ3v) is 6.27. The lowest BCUT2D eigenvalue weighted by molar-refractivity contribution is 0.0718. The van der Waals surface area contributed by atoms with Crippen molar-refractivity contribution in [1.29, 1.82) is 0 Å². The normalized spacial score (nSPS) is 26.7. The Balaban J connectivity index is 1.39. The number of likely N-dealkylation sites (tertiary alicyclic amines) is 2. The van der Waals surface area contributed by atoms with Gasteiger partial charge >= 0.3 is 0 Å². The van der Waals surface area contributed by atoms with Gasteiger partial charge in [0.25, 0.3) is 5.91 Å². The standard InChI is InChI=1S/C19H31N5O/c25-19(22-11-5-2-6-12-22)18-15-24(21-20-18)17-10-7-13-23(14-17)16-8-3-1-4-9-16/h15-17H,1-14H2. The first kappa shape index (κ1) is 17.0. The molecule has 6 heteroatoms. The van der Waals surface area contributed by atoms with Gasteiger partial charge in [0.2, 0.25) is 0 Å². The van der Waals surface area contributed by atoms with Gasteiger partial charge in [0.05, 0.1) is 12.2 Å². The second-order valence-electron chi connectivity index (χ2n) is 8.02. The lowest BCUT2D eigenvalue weighted by atomic mass is 9.92. The maximum Gasteiger partial charge on any atom is 0.276 e. The Morgan fingerprint density at radius 1 is 0.880 bits per heavy atom. The van der Waals surface area contributed by atoms with Gasteiger partial charge < -0.3 is 4.90 Å². The first-order valence-electron chi connectivity index (χ1n) is 10.3. The fraction of sp³-hybridized carbons (Fsp3) is 0.842. The van der Waals surface area contributed by atoms with Gasteiger partial charge in [0.1, 0.15) is 0 Å². The molecule has 0 spiro atoms. The van der Waals surface area contributed by atoms with Crippen molar-refractivity contribution in [3.8, 4) is 0 Å². The van der Waals surface area contributed by atoms with Crippen molar-refractivity contribution in [2.45, 2.75) is 76.3 Å². The summed E-state index contributed by atoms with van der Waals surface area (Å²) in [6, 6.07) is 1.13. The summed E-state index contributed by atoms with van der Waals surface area (Å²) < 4.78 is 1.96. The molecule has 2 saturated heterocycles. The summed E-state index contributed by atoms with van der Waals surface area (Å²) in [6.45, 7) is 4.01. The average Bonchev–Trinajstić information content (AvgIpc) is 3.19. The molecular formula is C19H31N5O. The second-order valence-corrected chi connectivity index (χ2v) is 8.02. The molecule has 2 aliphatic heterocycles. The molecule has 3 fully saturated rings. The van der Waals surface area contributed by atoms with Gasteiger partial charge in [-0.25, -0.2) is 4.68 Å². The zero-order chi connectivity index (χ0) is 17.1. The highest BCUT2D eigenvalue weighted by Gasteiger charge is 2.29. The minimum Gasteiger partial charge on any atom is -0.337 e. The van der Waals surface area contributed by atoms with Crippen molar-refractivity contribution in [1.82, 2.24) is 24.8 Å². The number of nitrogens with zero attached hydrogens (tertiary/aromatic N) is 5. The summed E-state index contributed by atoms with van der Waals surface area (Å²) in [5.41, 5.74) is 0.525. The fourth-order valence-electron chi connectivity index (χ4n) is 4.79. The molecule has 1 saturated carbocycles. The third-order valence-electron chi connectivity index (χ3n) is 6.27. The predicted molar refractivity (Wildman–Crippen MR) is 96.5 cm³/mol. The van der Waals surface area contributed by atoms with Crippen LogP contribution in [-0.4, -0.2) is 62.9 Å². The molecule has 0 radical (unpaired) electrons. The van der Waals surface area contributed by atoms with Crippen molar-refractivity contribution in [3.63, 3.8) is 0 Å². The predicted octanol–water partition coefficient (Wildman–Crippen LogP) is 2.87. The van der Waals surface area contributed by atoms with Crippen LogP contribution in [0.5, 0.6) is 0 Å². The molecule has 3 heterocycles. The Morgan fingerprint density at radius 3 is 2.40 bits per heavy atom. The van der Waals surface area contributed by atoms with Gasteiger partial charge in [-0.05, 0) is 51.5 Å². The zero-order valence-corrected chi connectivity index (χ0v) is 15.3. The number of hydrogen-bond donors (Lipinski definition) is 0. The number of rotatable bonds is 3.